The molecule has 16 heavy (non-hydrogen) atoms. The number of aromatic nitrogens is 1. The summed E-state index contributed by atoms with van der Waals surface area (Å²) in [5.41, 5.74) is 0.895. The predicted octanol–water partition coefficient (Wildman–Crippen LogP) is 0.781. The zero-order valence-corrected chi connectivity index (χ0v) is 9.64. The average Bonchev–Trinajstić information content (AvgIpc) is 2.28. The first-order chi connectivity index (χ1) is 7.61. The van der Waals surface area contributed by atoms with E-state index >= 15 is 0 Å². The number of nitrogens with zero attached hydrogens (tertiary/aromatic N) is 1. The highest BCUT2D eigenvalue weighted by molar-refractivity contribution is 9.10. The smallest absolute Gasteiger partial charge is 0.120 e. The lowest BCUT2D eigenvalue weighted by atomic mass is 10.0. The van der Waals surface area contributed by atoms with Crippen molar-refractivity contribution in [3.05, 3.63) is 40.5 Å². The molecule has 0 saturated heterocycles. The molecule has 1 unspecified atom stereocenters. The van der Waals surface area contributed by atoms with Crippen LogP contribution in [0.15, 0.2) is 34.9 Å². The van der Waals surface area contributed by atoms with Gasteiger partial charge in [0.2, 0.25) is 0 Å². The molecule has 1 N–H and O–H groups in total. The van der Waals surface area contributed by atoms with Gasteiger partial charge < -0.3 is 15.0 Å². The number of carboxylic acid groups (broad SMARTS) is 1. The maximum atomic E-state index is 10.7. The van der Waals surface area contributed by atoms with Crippen molar-refractivity contribution in [3.63, 3.8) is 0 Å². The Balaban J connectivity index is 2.75. The van der Waals surface area contributed by atoms with Crippen LogP contribution < -0.4 is 5.11 Å². The monoisotopic (exact) mass is 280 g/mol. The fraction of sp³-hybridized carbons (Fsp3) is 0.0909. The van der Waals surface area contributed by atoms with Crippen LogP contribution in [0.1, 0.15) is 11.7 Å². The van der Waals surface area contributed by atoms with Gasteiger partial charge in [-0.3, -0.25) is 4.98 Å². The Morgan fingerprint density at radius 1 is 1.44 bits per heavy atom. The lowest BCUT2D eigenvalue weighted by Gasteiger charge is -2.15. The molecule has 1 aromatic heterocycles. The van der Waals surface area contributed by atoms with E-state index in [4.69, 9.17) is 0 Å². The fourth-order valence-electron chi connectivity index (χ4n) is 1.54. The van der Waals surface area contributed by atoms with Crippen molar-refractivity contribution in [1.82, 2.24) is 4.98 Å². The first kappa shape index (κ1) is 11.0. The molecule has 0 radical (unpaired) electrons. The molecule has 2 aromatic rings. The van der Waals surface area contributed by atoms with Gasteiger partial charge in [-0.05, 0) is 18.2 Å². The minimum Gasteiger partial charge on any atom is -0.547 e. The minimum atomic E-state index is -1.66. The van der Waals surface area contributed by atoms with Crippen LogP contribution in [-0.2, 0) is 4.79 Å². The molecule has 0 saturated carbocycles. The van der Waals surface area contributed by atoms with Crippen molar-refractivity contribution in [1.29, 1.82) is 0 Å². The SMILES string of the molecule is O=C([O-])C(O)c1c(Br)ccc2ncccc12. The third kappa shape index (κ3) is 1.79. The van der Waals surface area contributed by atoms with Gasteiger partial charge in [0, 0.05) is 21.6 Å². The van der Waals surface area contributed by atoms with Crippen LogP contribution in [0.5, 0.6) is 0 Å². The summed E-state index contributed by atoms with van der Waals surface area (Å²) in [6, 6.07) is 6.77. The first-order valence-electron chi connectivity index (χ1n) is 4.53. The molecule has 0 amide bonds. The molecule has 0 bridgehead atoms. The summed E-state index contributed by atoms with van der Waals surface area (Å²) in [6.45, 7) is 0. The average molecular weight is 281 g/mol. The number of carbonyl (C=O) groups is 1. The zero-order valence-electron chi connectivity index (χ0n) is 8.05. The van der Waals surface area contributed by atoms with Gasteiger partial charge in [0.15, 0.2) is 0 Å². The summed E-state index contributed by atoms with van der Waals surface area (Å²) in [5, 5.41) is 20.8. The molecule has 4 nitrogen and oxygen atoms in total. The molecule has 1 heterocycles. The number of aliphatic hydroxyl groups is 1. The number of pyridine rings is 1. The second-order valence-corrected chi connectivity index (χ2v) is 4.11. The number of carbonyl (C=O) groups excluding carboxylic acids is 1. The van der Waals surface area contributed by atoms with E-state index in [1.54, 1.807) is 30.5 Å². The van der Waals surface area contributed by atoms with E-state index < -0.39 is 12.1 Å². The quantitative estimate of drug-likeness (QED) is 0.882. The number of rotatable bonds is 2. The number of hydrogen-bond donors (Lipinski definition) is 1. The van der Waals surface area contributed by atoms with E-state index in [-0.39, 0.29) is 5.56 Å². The molecule has 0 aliphatic rings. The van der Waals surface area contributed by atoms with Gasteiger partial charge in [-0.1, -0.05) is 22.0 Å². The molecular formula is C11H7BrNO3-. The maximum Gasteiger partial charge on any atom is 0.120 e. The lowest BCUT2D eigenvalue weighted by molar-refractivity contribution is -0.315. The van der Waals surface area contributed by atoms with Gasteiger partial charge in [0.25, 0.3) is 0 Å². The highest BCUT2D eigenvalue weighted by Crippen LogP contribution is 2.30. The van der Waals surface area contributed by atoms with Gasteiger partial charge >= 0.3 is 0 Å². The second-order valence-electron chi connectivity index (χ2n) is 3.25. The Hall–Kier alpha value is -1.46. The van der Waals surface area contributed by atoms with E-state index in [1.807, 2.05) is 0 Å². The molecule has 82 valence electrons. The highest BCUT2D eigenvalue weighted by Gasteiger charge is 2.16. The van der Waals surface area contributed by atoms with Crippen LogP contribution in [0, 0.1) is 0 Å². The largest absolute Gasteiger partial charge is 0.547 e. The van der Waals surface area contributed by atoms with Crippen molar-refractivity contribution < 1.29 is 15.0 Å². The summed E-state index contributed by atoms with van der Waals surface area (Å²) < 4.78 is 0.518. The number of aliphatic carboxylic acids is 1. The number of halogens is 1. The summed E-state index contributed by atoms with van der Waals surface area (Å²) in [5.74, 6) is -1.53. The predicted molar refractivity (Wildman–Crippen MR) is 59.4 cm³/mol. The van der Waals surface area contributed by atoms with Crippen LogP contribution in [0.3, 0.4) is 0 Å². The number of carboxylic acids is 1. The molecule has 0 aliphatic carbocycles. The van der Waals surface area contributed by atoms with Gasteiger partial charge in [-0.2, -0.15) is 0 Å². The Labute approximate surface area is 99.7 Å². The van der Waals surface area contributed by atoms with Crippen LogP contribution in [-0.4, -0.2) is 16.1 Å². The molecule has 2 rings (SSSR count). The third-order valence-electron chi connectivity index (χ3n) is 2.27. The van der Waals surface area contributed by atoms with E-state index in [0.717, 1.165) is 0 Å². The first-order valence-corrected chi connectivity index (χ1v) is 5.32. The van der Waals surface area contributed by atoms with Gasteiger partial charge in [0.05, 0.1) is 11.5 Å². The molecule has 0 spiro atoms. The van der Waals surface area contributed by atoms with Crippen LogP contribution in [0.25, 0.3) is 10.9 Å². The number of hydrogen-bond acceptors (Lipinski definition) is 4. The minimum absolute atomic E-state index is 0.269. The Bertz CT molecular complexity index is 556. The molecule has 5 heteroatoms. The van der Waals surface area contributed by atoms with Crippen molar-refractivity contribution in [3.8, 4) is 0 Å². The van der Waals surface area contributed by atoms with Gasteiger partial charge in [-0.25, -0.2) is 0 Å². The van der Waals surface area contributed by atoms with E-state index in [2.05, 4.69) is 20.9 Å². The third-order valence-corrected chi connectivity index (χ3v) is 2.96. The Morgan fingerprint density at radius 2 is 2.19 bits per heavy atom. The van der Waals surface area contributed by atoms with Crippen molar-refractivity contribution in [2.45, 2.75) is 6.10 Å². The zero-order chi connectivity index (χ0) is 11.7. The van der Waals surface area contributed by atoms with Crippen LogP contribution in [0.4, 0.5) is 0 Å². The molecule has 0 fully saturated rings. The molecule has 1 atom stereocenters. The van der Waals surface area contributed by atoms with Crippen molar-refractivity contribution >= 4 is 32.8 Å². The normalized spacial score (nSPS) is 12.6. The summed E-state index contributed by atoms with van der Waals surface area (Å²) in [7, 11) is 0. The molecule has 0 aliphatic heterocycles. The van der Waals surface area contributed by atoms with E-state index in [1.165, 1.54) is 0 Å². The highest BCUT2D eigenvalue weighted by atomic mass is 79.9. The standard InChI is InChI=1S/C11H8BrNO3/c12-7-3-4-8-6(2-1-5-13-8)9(7)10(14)11(15)16/h1-5,10,14H,(H,15,16)/p-1. The number of benzene rings is 1. The number of fused-ring (bicyclic) bond motifs is 1. The summed E-state index contributed by atoms with van der Waals surface area (Å²) >= 11 is 3.21. The topological polar surface area (TPSA) is 73.2 Å². The summed E-state index contributed by atoms with van der Waals surface area (Å²) in [6.07, 6.45) is -0.0620. The van der Waals surface area contributed by atoms with Crippen molar-refractivity contribution in [2.75, 3.05) is 0 Å². The van der Waals surface area contributed by atoms with Crippen LogP contribution >= 0.6 is 15.9 Å². The molecule has 1 aromatic carbocycles. The maximum absolute atomic E-state index is 10.7. The van der Waals surface area contributed by atoms with E-state index in [0.29, 0.717) is 15.4 Å². The Kier molecular flexibility index (Phi) is 2.89. The van der Waals surface area contributed by atoms with Gasteiger partial charge in [-0.15, -0.1) is 0 Å². The molecular weight excluding hydrogens is 274 g/mol. The lowest BCUT2D eigenvalue weighted by Crippen LogP contribution is -2.29. The van der Waals surface area contributed by atoms with E-state index in [9.17, 15) is 15.0 Å². The van der Waals surface area contributed by atoms with Crippen LogP contribution in [0.2, 0.25) is 0 Å². The Morgan fingerprint density at radius 3 is 2.88 bits per heavy atom. The summed E-state index contributed by atoms with van der Waals surface area (Å²) in [4.78, 5) is 14.8. The number of aliphatic hydroxyl groups excluding tert-OH is 1. The fourth-order valence-corrected chi connectivity index (χ4v) is 2.11. The second kappa shape index (κ2) is 4.19. The van der Waals surface area contributed by atoms with Gasteiger partial charge in [0.1, 0.15) is 6.10 Å². The van der Waals surface area contributed by atoms with Crippen molar-refractivity contribution in [2.24, 2.45) is 0 Å².